The van der Waals surface area contributed by atoms with Crippen molar-refractivity contribution in [2.75, 3.05) is 13.1 Å². The van der Waals surface area contributed by atoms with Gasteiger partial charge in [-0.1, -0.05) is 50.6 Å². The number of aliphatic imine (C=N–C) groups is 1. The van der Waals surface area contributed by atoms with Crippen molar-refractivity contribution in [2.24, 2.45) is 4.99 Å². The first kappa shape index (κ1) is 24.4. The maximum atomic E-state index is 4.72. The van der Waals surface area contributed by atoms with E-state index in [0.717, 1.165) is 63.5 Å². The van der Waals surface area contributed by atoms with Gasteiger partial charge in [0.05, 0.1) is 0 Å². The minimum absolute atomic E-state index is 0. The Bertz CT molecular complexity index is 671. The maximum Gasteiger partial charge on any atom is 0.191 e. The Hall–Kier alpha value is -1.64. The highest BCUT2D eigenvalue weighted by atomic mass is 127. The first-order chi connectivity index (χ1) is 13.2. The van der Waals surface area contributed by atoms with E-state index in [1.54, 1.807) is 6.33 Å². The second-order valence-corrected chi connectivity index (χ2v) is 6.87. The Morgan fingerprint density at radius 2 is 2.00 bits per heavy atom. The first-order valence-electron chi connectivity index (χ1n) is 10.2. The molecule has 2 rings (SSSR count). The van der Waals surface area contributed by atoms with Crippen LogP contribution >= 0.6 is 24.0 Å². The first-order valence-corrected chi connectivity index (χ1v) is 10.2. The molecule has 2 N–H and O–H groups in total. The van der Waals surface area contributed by atoms with Crippen LogP contribution in [-0.4, -0.2) is 39.9 Å². The van der Waals surface area contributed by atoms with Crippen LogP contribution in [0, 0.1) is 0 Å². The van der Waals surface area contributed by atoms with Gasteiger partial charge in [0.25, 0.3) is 0 Å². The average molecular weight is 498 g/mol. The molecule has 0 aliphatic carbocycles. The molecule has 0 saturated carbocycles. The molecule has 0 aliphatic rings. The number of nitrogens with one attached hydrogen (secondary N) is 2. The minimum atomic E-state index is 0. The summed E-state index contributed by atoms with van der Waals surface area (Å²) in [5, 5.41) is 15.1. The van der Waals surface area contributed by atoms with Gasteiger partial charge in [0, 0.05) is 32.1 Å². The van der Waals surface area contributed by atoms with Gasteiger partial charge in [-0.25, -0.2) is 0 Å². The fraction of sp³-hybridized carbons (Fsp3) is 0.571. The molecule has 156 valence electrons. The molecule has 0 spiro atoms. The molecule has 1 unspecified atom stereocenters. The summed E-state index contributed by atoms with van der Waals surface area (Å²) in [6.07, 6.45) is 7.09. The van der Waals surface area contributed by atoms with Crippen molar-refractivity contribution >= 4 is 29.9 Å². The van der Waals surface area contributed by atoms with Crippen molar-refractivity contribution in [3.8, 4) is 0 Å². The van der Waals surface area contributed by atoms with E-state index in [0.29, 0.717) is 6.04 Å². The molecule has 0 aliphatic heterocycles. The van der Waals surface area contributed by atoms with Crippen LogP contribution in [0.1, 0.15) is 51.4 Å². The highest BCUT2D eigenvalue weighted by Crippen LogP contribution is 2.04. The summed E-state index contributed by atoms with van der Waals surface area (Å²) in [6.45, 7) is 8.99. The van der Waals surface area contributed by atoms with E-state index in [4.69, 9.17) is 4.99 Å². The smallest absolute Gasteiger partial charge is 0.191 e. The summed E-state index contributed by atoms with van der Waals surface area (Å²) < 4.78 is 2.09. The van der Waals surface area contributed by atoms with E-state index < -0.39 is 0 Å². The van der Waals surface area contributed by atoms with Crippen molar-refractivity contribution in [3.05, 3.63) is 48.0 Å². The third-order valence-corrected chi connectivity index (χ3v) is 4.53. The highest BCUT2D eigenvalue weighted by Gasteiger charge is 2.07. The van der Waals surface area contributed by atoms with Gasteiger partial charge in [-0.05, 0) is 31.7 Å². The van der Waals surface area contributed by atoms with E-state index in [1.807, 2.05) is 0 Å². The lowest BCUT2D eigenvalue weighted by Crippen LogP contribution is -2.43. The molecule has 0 radical (unpaired) electrons. The third kappa shape index (κ3) is 9.03. The number of rotatable bonds is 11. The van der Waals surface area contributed by atoms with Gasteiger partial charge in [0.15, 0.2) is 5.96 Å². The predicted octanol–water partition coefficient (Wildman–Crippen LogP) is 3.82. The quantitative estimate of drug-likeness (QED) is 0.214. The van der Waals surface area contributed by atoms with Crippen LogP contribution in [0.5, 0.6) is 0 Å². The van der Waals surface area contributed by atoms with Gasteiger partial charge in [-0.3, -0.25) is 4.99 Å². The SMILES string of the molecule is CCCCN=C(NCCn1cnnc1CC)NC(C)CCc1ccccc1.I. The number of unbranched alkanes of at least 4 members (excludes halogenated alkanes) is 1. The summed E-state index contributed by atoms with van der Waals surface area (Å²) in [7, 11) is 0. The van der Waals surface area contributed by atoms with Gasteiger partial charge < -0.3 is 15.2 Å². The number of aryl methyl sites for hydroxylation is 2. The molecule has 6 nitrogen and oxygen atoms in total. The van der Waals surface area contributed by atoms with E-state index >= 15 is 0 Å². The number of halogens is 1. The minimum Gasteiger partial charge on any atom is -0.355 e. The van der Waals surface area contributed by atoms with Gasteiger partial charge in [0.1, 0.15) is 12.2 Å². The number of guanidine groups is 1. The molecular weight excluding hydrogens is 463 g/mol. The normalized spacial score (nSPS) is 12.3. The molecule has 1 aromatic heterocycles. The number of aromatic nitrogens is 3. The molecule has 7 heteroatoms. The zero-order chi connectivity index (χ0) is 19.3. The zero-order valence-corrected chi connectivity index (χ0v) is 19.7. The summed E-state index contributed by atoms with van der Waals surface area (Å²) >= 11 is 0. The van der Waals surface area contributed by atoms with Crippen molar-refractivity contribution in [2.45, 2.75) is 65.5 Å². The van der Waals surface area contributed by atoms with Crippen LogP contribution in [0.2, 0.25) is 0 Å². The molecule has 0 amide bonds. The van der Waals surface area contributed by atoms with Gasteiger partial charge in [-0.2, -0.15) is 0 Å². The fourth-order valence-corrected chi connectivity index (χ4v) is 2.87. The van der Waals surface area contributed by atoms with E-state index in [9.17, 15) is 0 Å². The maximum absolute atomic E-state index is 4.72. The predicted molar refractivity (Wildman–Crippen MR) is 127 cm³/mol. The van der Waals surface area contributed by atoms with Crippen molar-refractivity contribution in [1.29, 1.82) is 0 Å². The summed E-state index contributed by atoms with van der Waals surface area (Å²) in [6, 6.07) is 11.0. The third-order valence-electron chi connectivity index (χ3n) is 4.53. The van der Waals surface area contributed by atoms with Gasteiger partial charge in [0.2, 0.25) is 0 Å². The second kappa shape index (κ2) is 14.4. The number of hydrogen-bond donors (Lipinski definition) is 2. The molecule has 0 saturated heterocycles. The van der Waals surface area contributed by atoms with Crippen LogP contribution in [-0.2, 0) is 19.4 Å². The molecule has 1 atom stereocenters. The Morgan fingerprint density at radius 1 is 1.21 bits per heavy atom. The number of hydrogen-bond acceptors (Lipinski definition) is 3. The summed E-state index contributed by atoms with van der Waals surface area (Å²) in [5.74, 6) is 1.92. The molecule has 0 bridgehead atoms. The molecule has 0 fully saturated rings. The van der Waals surface area contributed by atoms with Crippen LogP contribution in [0.15, 0.2) is 41.7 Å². The van der Waals surface area contributed by atoms with Crippen LogP contribution in [0.3, 0.4) is 0 Å². The Labute approximate surface area is 186 Å². The van der Waals surface area contributed by atoms with Crippen LogP contribution in [0.4, 0.5) is 0 Å². The standard InChI is InChI=1S/C21H34N6.HI/c1-4-6-14-22-21(23-15-16-27-17-24-26-20(27)5-2)25-18(3)12-13-19-10-8-7-9-11-19;/h7-11,17-18H,4-6,12-16H2,1-3H3,(H2,22,23,25);1H. The topological polar surface area (TPSA) is 67.1 Å². The Balaban J connectivity index is 0.00000392. The average Bonchev–Trinajstić information content (AvgIpc) is 3.15. The lowest BCUT2D eigenvalue weighted by Gasteiger charge is -2.19. The number of nitrogens with zero attached hydrogens (tertiary/aromatic N) is 4. The van der Waals surface area contributed by atoms with Gasteiger partial charge in [-0.15, -0.1) is 34.2 Å². The monoisotopic (exact) mass is 498 g/mol. The lowest BCUT2D eigenvalue weighted by atomic mass is 10.1. The van der Waals surface area contributed by atoms with E-state index in [1.165, 1.54) is 5.56 Å². The Kier molecular flexibility index (Phi) is 12.5. The van der Waals surface area contributed by atoms with Crippen molar-refractivity contribution in [1.82, 2.24) is 25.4 Å². The summed E-state index contributed by atoms with van der Waals surface area (Å²) in [4.78, 5) is 4.72. The van der Waals surface area contributed by atoms with Crippen molar-refractivity contribution < 1.29 is 0 Å². The fourth-order valence-electron chi connectivity index (χ4n) is 2.87. The lowest BCUT2D eigenvalue weighted by molar-refractivity contribution is 0.579. The molecule has 1 aromatic carbocycles. The summed E-state index contributed by atoms with van der Waals surface area (Å²) in [5.41, 5.74) is 1.38. The molecule has 2 aromatic rings. The van der Waals surface area contributed by atoms with Crippen LogP contribution < -0.4 is 10.6 Å². The van der Waals surface area contributed by atoms with Gasteiger partial charge >= 0.3 is 0 Å². The second-order valence-electron chi connectivity index (χ2n) is 6.87. The zero-order valence-electron chi connectivity index (χ0n) is 17.4. The molecular formula is C21H35IN6. The largest absolute Gasteiger partial charge is 0.355 e. The highest BCUT2D eigenvalue weighted by molar-refractivity contribution is 14.0. The molecule has 28 heavy (non-hydrogen) atoms. The van der Waals surface area contributed by atoms with E-state index in [-0.39, 0.29) is 24.0 Å². The molecule has 1 heterocycles. The number of benzene rings is 1. The van der Waals surface area contributed by atoms with Crippen LogP contribution in [0.25, 0.3) is 0 Å². The van der Waals surface area contributed by atoms with Crippen molar-refractivity contribution in [3.63, 3.8) is 0 Å². The Morgan fingerprint density at radius 3 is 2.71 bits per heavy atom. The van der Waals surface area contributed by atoms with E-state index in [2.05, 4.69) is 76.5 Å².